The van der Waals surface area contributed by atoms with E-state index < -0.39 is 30.7 Å². The predicted octanol–water partition coefficient (Wildman–Crippen LogP) is 2.62. The minimum atomic E-state index is -4.78. The third kappa shape index (κ3) is 4.87. The number of hydrogen-bond acceptors (Lipinski definition) is 7. The van der Waals surface area contributed by atoms with Crippen LogP contribution < -0.4 is 5.73 Å². The normalized spacial score (nSPS) is 18.3. The summed E-state index contributed by atoms with van der Waals surface area (Å²) >= 11 is 0. The molecule has 2 amide bonds. The molecule has 2 aliphatic heterocycles. The first kappa shape index (κ1) is 25.8. The van der Waals surface area contributed by atoms with E-state index in [4.69, 9.17) is 5.73 Å². The van der Waals surface area contributed by atoms with Crippen molar-refractivity contribution < 1.29 is 31.9 Å². The Labute approximate surface area is 214 Å². The van der Waals surface area contributed by atoms with Crippen molar-refractivity contribution in [2.24, 2.45) is 0 Å². The van der Waals surface area contributed by atoms with Crippen molar-refractivity contribution in [3.05, 3.63) is 47.3 Å². The van der Waals surface area contributed by atoms with Crippen molar-refractivity contribution in [1.82, 2.24) is 29.5 Å². The number of nitrogen functional groups attached to an aromatic ring is 1. The highest BCUT2D eigenvalue weighted by Gasteiger charge is 2.38. The van der Waals surface area contributed by atoms with E-state index in [-0.39, 0.29) is 48.2 Å². The van der Waals surface area contributed by atoms with Crippen LogP contribution in [0.25, 0.3) is 10.9 Å². The van der Waals surface area contributed by atoms with Crippen LogP contribution in [0.5, 0.6) is 0 Å². The van der Waals surface area contributed by atoms with Crippen LogP contribution in [0.3, 0.4) is 0 Å². The summed E-state index contributed by atoms with van der Waals surface area (Å²) in [4.78, 5) is 36.8. The molecule has 0 unspecified atom stereocenters. The van der Waals surface area contributed by atoms with Gasteiger partial charge >= 0.3 is 6.36 Å². The Balaban J connectivity index is 1.33. The van der Waals surface area contributed by atoms with Gasteiger partial charge in [-0.1, -0.05) is 0 Å². The number of likely N-dealkylation sites (tertiary alicyclic amines) is 2. The molecule has 0 radical (unpaired) electrons. The Morgan fingerprint density at radius 2 is 2.00 bits per heavy atom. The second-order valence-corrected chi connectivity index (χ2v) is 9.47. The van der Waals surface area contributed by atoms with E-state index in [9.17, 15) is 27.2 Å². The number of ether oxygens (including phenoxy) is 1. The summed E-state index contributed by atoms with van der Waals surface area (Å²) in [5.74, 6) is -1.31. The number of pyridine rings is 2. The quantitative estimate of drug-likeness (QED) is 0.482. The summed E-state index contributed by atoms with van der Waals surface area (Å²) in [5, 5.41) is 4.70. The maximum Gasteiger partial charge on any atom is 0.522 e. The van der Waals surface area contributed by atoms with Crippen molar-refractivity contribution in [1.29, 1.82) is 0 Å². The summed E-state index contributed by atoms with van der Waals surface area (Å²) in [6, 6.07) is 0.880. The van der Waals surface area contributed by atoms with Crippen LogP contribution in [0.2, 0.25) is 0 Å². The van der Waals surface area contributed by atoms with Crippen LogP contribution in [0.15, 0.2) is 24.7 Å². The standard InChI is InChI=1S/C24H25F4N7O3/c1-13-16(4-5-31-22(13)29)23(37)33-9-14(10-33)21-20-17(25)7-30-8-18(20)35(32-21)11-19(36)34-6-2-3-15(34)12-38-24(26,27)28/h4-5,7-8,14-15H,2-3,6,9-12H2,1H3,(H2,29,31)/t15-/m0/s1. The van der Waals surface area contributed by atoms with Gasteiger partial charge in [-0.2, -0.15) is 5.10 Å². The van der Waals surface area contributed by atoms with E-state index in [0.717, 1.165) is 6.20 Å². The van der Waals surface area contributed by atoms with Gasteiger partial charge in [0.1, 0.15) is 12.4 Å². The molecule has 2 saturated heterocycles. The van der Waals surface area contributed by atoms with Crippen molar-refractivity contribution in [2.45, 2.75) is 44.6 Å². The van der Waals surface area contributed by atoms with Crippen molar-refractivity contribution in [2.75, 3.05) is 32.0 Å². The fraction of sp³-hybridized carbons (Fsp3) is 0.458. The maximum absolute atomic E-state index is 14.9. The first-order valence-corrected chi connectivity index (χ1v) is 12.0. The zero-order valence-electron chi connectivity index (χ0n) is 20.4. The molecule has 0 aliphatic carbocycles. The van der Waals surface area contributed by atoms with Crippen molar-refractivity contribution in [3.8, 4) is 0 Å². The molecule has 3 aromatic heterocycles. The number of nitrogens with two attached hydrogens (primary N) is 1. The molecule has 5 rings (SSSR count). The number of aromatic nitrogens is 4. The lowest BCUT2D eigenvalue weighted by molar-refractivity contribution is -0.327. The average molecular weight is 536 g/mol. The summed E-state index contributed by atoms with van der Waals surface area (Å²) in [6.45, 7) is 1.63. The van der Waals surface area contributed by atoms with Gasteiger partial charge in [0.15, 0.2) is 5.82 Å². The average Bonchev–Trinajstić information content (AvgIpc) is 3.44. The van der Waals surface area contributed by atoms with Crippen LogP contribution in [0.1, 0.15) is 40.4 Å². The number of carbonyl (C=O) groups excluding carboxylic acids is 2. The number of anilines is 1. The Kier molecular flexibility index (Phi) is 6.67. The molecule has 0 aromatic carbocycles. The molecule has 14 heteroatoms. The highest BCUT2D eigenvalue weighted by atomic mass is 19.4. The van der Waals surface area contributed by atoms with Gasteiger partial charge in [0.25, 0.3) is 5.91 Å². The number of alkyl halides is 3. The molecule has 3 aromatic rings. The molecule has 0 saturated carbocycles. The zero-order chi connectivity index (χ0) is 27.2. The topological polar surface area (TPSA) is 119 Å². The van der Waals surface area contributed by atoms with Gasteiger partial charge in [0.05, 0.1) is 41.6 Å². The number of amides is 2. The van der Waals surface area contributed by atoms with E-state index in [1.165, 1.54) is 22.0 Å². The number of rotatable bonds is 6. The first-order chi connectivity index (χ1) is 18.0. The van der Waals surface area contributed by atoms with Crippen LogP contribution in [0, 0.1) is 12.7 Å². The van der Waals surface area contributed by atoms with E-state index in [2.05, 4.69) is 19.8 Å². The fourth-order valence-electron chi connectivity index (χ4n) is 5.03. The Hall–Kier alpha value is -3.81. The number of hydrogen-bond donors (Lipinski definition) is 1. The van der Waals surface area contributed by atoms with Gasteiger partial charge in [0, 0.05) is 42.9 Å². The van der Waals surface area contributed by atoms with Gasteiger partial charge < -0.3 is 15.5 Å². The molecule has 2 aliphatic rings. The van der Waals surface area contributed by atoms with Gasteiger partial charge in [-0.25, -0.2) is 9.37 Å². The largest absolute Gasteiger partial charge is 0.522 e. The smallest absolute Gasteiger partial charge is 0.383 e. The van der Waals surface area contributed by atoms with Gasteiger partial charge in [0.2, 0.25) is 5.91 Å². The molecule has 2 N–H and O–H groups in total. The number of nitrogens with zero attached hydrogens (tertiary/aromatic N) is 6. The number of halogens is 4. The lowest BCUT2D eigenvalue weighted by Crippen LogP contribution is -2.49. The maximum atomic E-state index is 14.9. The van der Waals surface area contributed by atoms with Crippen LogP contribution in [-0.4, -0.2) is 80.0 Å². The highest BCUT2D eigenvalue weighted by Crippen LogP contribution is 2.34. The Bertz CT molecular complexity index is 1390. The van der Waals surface area contributed by atoms with Crippen LogP contribution in [-0.2, 0) is 16.1 Å². The van der Waals surface area contributed by atoms with Crippen molar-refractivity contribution in [3.63, 3.8) is 0 Å². The monoisotopic (exact) mass is 535 g/mol. The predicted molar refractivity (Wildman–Crippen MR) is 126 cm³/mol. The zero-order valence-corrected chi connectivity index (χ0v) is 20.4. The third-order valence-corrected chi connectivity index (χ3v) is 7.09. The molecule has 10 nitrogen and oxygen atoms in total. The van der Waals surface area contributed by atoms with Gasteiger partial charge in [-0.05, 0) is 25.8 Å². The molecular weight excluding hydrogens is 510 g/mol. The van der Waals surface area contributed by atoms with Gasteiger partial charge in [-0.15, -0.1) is 13.2 Å². The molecule has 0 bridgehead atoms. The van der Waals surface area contributed by atoms with Crippen LogP contribution in [0.4, 0.5) is 23.4 Å². The molecule has 0 spiro atoms. The van der Waals surface area contributed by atoms with Crippen molar-refractivity contribution >= 4 is 28.5 Å². The van der Waals surface area contributed by atoms with Gasteiger partial charge in [-0.3, -0.25) is 24.0 Å². The number of fused-ring (bicyclic) bond motifs is 1. The Morgan fingerprint density at radius 1 is 1.24 bits per heavy atom. The van der Waals surface area contributed by atoms with E-state index in [1.807, 2.05) is 0 Å². The Morgan fingerprint density at radius 3 is 2.74 bits per heavy atom. The highest BCUT2D eigenvalue weighted by molar-refractivity contribution is 5.97. The minimum absolute atomic E-state index is 0.201. The third-order valence-electron chi connectivity index (χ3n) is 7.09. The minimum Gasteiger partial charge on any atom is -0.383 e. The summed E-state index contributed by atoms with van der Waals surface area (Å²) in [7, 11) is 0. The van der Waals surface area contributed by atoms with E-state index in [1.54, 1.807) is 17.9 Å². The molecule has 38 heavy (non-hydrogen) atoms. The molecule has 5 heterocycles. The van der Waals surface area contributed by atoms with E-state index in [0.29, 0.717) is 36.2 Å². The summed E-state index contributed by atoms with van der Waals surface area (Å²) in [6.07, 6.45) is 0.0530. The fourth-order valence-corrected chi connectivity index (χ4v) is 5.03. The molecule has 2 fully saturated rings. The second kappa shape index (κ2) is 9.82. The molecule has 1 atom stereocenters. The first-order valence-electron chi connectivity index (χ1n) is 12.0. The lowest BCUT2D eigenvalue weighted by Gasteiger charge is -2.38. The van der Waals surface area contributed by atoms with E-state index >= 15 is 0 Å². The molecular formula is C24H25F4N7O3. The summed E-state index contributed by atoms with van der Waals surface area (Å²) < 4.78 is 57.7. The lowest BCUT2D eigenvalue weighted by atomic mass is 9.93. The second-order valence-electron chi connectivity index (χ2n) is 9.47. The van der Waals surface area contributed by atoms with Crippen LogP contribution >= 0.6 is 0 Å². The SMILES string of the molecule is Cc1c(C(=O)N2CC(c3nn(CC(=O)N4CCC[C@H]4COC(F)(F)F)c4cncc(F)c34)C2)ccnc1N. The molecule has 202 valence electrons. The summed E-state index contributed by atoms with van der Waals surface area (Å²) in [5.41, 5.74) is 7.51. The number of carbonyl (C=O) groups is 2.